The maximum atomic E-state index is 12.0. The Balaban J connectivity index is 1.97. The van der Waals surface area contributed by atoms with Crippen LogP contribution in [-0.2, 0) is 4.79 Å². The molecule has 0 atom stereocenters. The van der Waals surface area contributed by atoms with Crippen molar-refractivity contribution < 1.29 is 9.59 Å². The quantitative estimate of drug-likeness (QED) is 0.809. The van der Waals surface area contributed by atoms with Crippen molar-refractivity contribution in [3.63, 3.8) is 0 Å². The van der Waals surface area contributed by atoms with Crippen molar-refractivity contribution in [2.75, 3.05) is 37.6 Å². The first-order chi connectivity index (χ1) is 10.6. The molecule has 7 heteroatoms. The van der Waals surface area contributed by atoms with E-state index < -0.39 is 0 Å². The molecule has 22 heavy (non-hydrogen) atoms. The van der Waals surface area contributed by atoms with Crippen molar-refractivity contribution >= 4 is 17.6 Å². The van der Waals surface area contributed by atoms with Crippen molar-refractivity contribution in [2.24, 2.45) is 0 Å². The van der Waals surface area contributed by atoms with E-state index >= 15 is 0 Å². The molecule has 1 fully saturated rings. The summed E-state index contributed by atoms with van der Waals surface area (Å²) in [6, 6.07) is 1.71. The van der Waals surface area contributed by atoms with Crippen LogP contribution in [0.5, 0.6) is 0 Å². The van der Waals surface area contributed by atoms with Crippen LogP contribution in [0.25, 0.3) is 0 Å². The second kappa shape index (κ2) is 7.72. The largest absolute Gasteiger partial charge is 0.353 e. The molecule has 1 saturated heterocycles. The second-order valence-electron chi connectivity index (χ2n) is 5.36. The molecular formula is C15H23N5O2. The molecule has 1 N–H and O–H groups in total. The van der Waals surface area contributed by atoms with Crippen LogP contribution >= 0.6 is 0 Å². The van der Waals surface area contributed by atoms with Crippen molar-refractivity contribution in [1.29, 1.82) is 0 Å². The van der Waals surface area contributed by atoms with Crippen LogP contribution in [0, 0.1) is 0 Å². The fraction of sp³-hybridized carbons (Fsp3) is 0.600. The predicted octanol–water partition coefficient (Wildman–Crippen LogP) is 0.675. The van der Waals surface area contributed by atoms with Gasteiger partial charge < -0.3 is 15.1 Å². The van der Waals surface area contributed by atoms with Crippen molar-refractivity contribution in [3.05, 3.63) is 18.1 Å². The molecule has 120 valence electrons. The highest BCUT2D eigenvalue weighted by Crippen LogP contribution is 2.14. The molecule has 7 nitrogen and oxygen atoms in total. The zero-order valence-corrected chi connectivity index (χ0v) is 13.2. The van der Waals surface area contributed by atoms with Gasteiger partial charge in [0.25, 0.3) is 5.91 Å². The van der Waals surface area contributed by atoms with Crippen LogP contribution in [0.2, 0.25) is 0 Å². The molecular weight excluding hydrogens is 282 g/mol. The molecule has 0 unspecified atom stereocenters. The number of amides is 2. The first-order valence-corrected chi connectivity index (χ1v) is 7.72. The Kier molecular flexibility index (Phi) is 5.68. The average molecular weight is 305 g/mol. The number of hydrogen-bond donors (Lipinski definition) is 1. The fourth-order valence-electron chi connectivity index (χ4n) is 2.36. The zero-order chi connectivity index (χ0) is 15.9. The van der Waals surface area contributed by atoms with Gasteiger partial charge in [0.1, 0.15) is 17.8 Å². The molecule has 0 radical (unpaired) electrons. The minimum Gasteiger partial charge on any atom is -0.353 e. The number of nitrogens with one attached hydrogen (secondary N) is 1. The minimum atomic E-state index is -0.167. The van der Waals surface area contributed by atoms with Crippen molar-refractivity contribution in [2.45, 2.75) is 26.7 Å². The molecule has 0 spiro atoms. The van der Waals surface area contributed by atoms with E-state index in [9.17, 15) is 9.59 Å². The first kappa shape index (κ1) is 16.2. The normalized spacial score (nSPS) is 14.8. The van der Waals surface area contributed by atoms with Gasteiger partial charge in [0.05, 0.1) is 0 Å². The lowest BCUT2D eigenvalue weighted by Gasteiger charge is -2.34. The molecule has 2 amide bonds. The summed E-state index contributed by atoms with van der Waals surface area (Å²) in [6.45, 7) is 7.11. The summed E-state index contributed by atoms with van der Waals surface area (Å²) in [5.41, 5.74) is 0.384. The third kappa shape index (κ3) is 4.16. The maximum Gasteiger partial charge on any atom is 0.270 e. The molecule has 0 bridgehead atoms. The van der Waals surface area contributed by atoms with Crippen LogP contribution in [0.1, 0.15) is 37.2 Å². The molecule has 0 saturated carbocycles. The third-order valence-corrected chi connectivity index (χ3v) is 3.75. The Bertz CT molecular complexity index is 526. The molecule has 1 aromatic rings. The SMILES string of the molecule is CCCCNC(=O)c1cc(N2CCN(C(C)=O)CC2)ncn1. The zero-order valence-electron chi connectivity index (χ0n) is 13.2. The monoisotopic (exact) mass is 305 g/mol. The van der Waals surface area contributed by atoms with Gasteiger partial charge in [-0.15, -0.1) is 0 Å². The van der Waals surface area contributed by atoms with Crippen molar-refractivity contribution in [1.82, 2.24) is 20.2 Å². The lowest BCUT2D eigenvalue weighted by atomic mass is 10.3. The third-order valence-electron chi connectivity index (χ3n) is 3.75. The maximum absolute atomic E-state index is 12.0. The van der Waals surface area contributed by atoms with Crippen LogP contribution < -0.4 is 10.2 Å². The summed E-state index contributed by atoms with van der Waals surface area (Å²) < 4.78 is 0. The van der Waals surface area contributed by atoms with E-state index in [1.807, 2.05) is 4.90 Å². The Morgan fingerprint density at radius 2 is 1.95 bits per heavy atom. The van der Waals surface area contributed by atoms with Gasteiger partial charge in [-0.05, 0) is 6.42 Å². The van der Waals surface area contributed by atoms with Gasteiger partial charge in [-0.2, -0.15) is 0 Å². The highest BCUT2D eigenvalue weighted by molar-refractivity contribution is 5.92. The molecule has 2 rings (SSSR count). The van der Waals surface area contributed by atoms with Gasteiger partial charge in [-0.25, -0.2) is 9.97 Å². The Morgan fingerprint density at radius 1 is 1.23 bits per heavy atom. The second-order valence-corrected chi connectivity index (χ2v) is 5.36. The fourth-order valence-corrected chi connectivity index (χ4v) is 2.36. The Hall–Kier alpha value is -2.18. The molecule has 1 aromatic heterocycles. The summed E-state index contributed by atoms with van der Waals surface area (Å²) in [4.78, 5) is 35.5. The smallest absolute Gasteiger partial charge is 0.270 e. The number of nitrogens with zero attached hydrogens (tertiary/aromatic N) is 4. The minimum absolute atomic E-state index is 0.0957. The number of unbranched alkanes of at least 4 members (excludes halogenated alkanes) is 1. The van der Waals surface area contributed by atoms with Gasteiger partial charge in [0.15, 0.2) is 0 Å². The summed E-state index contributed by atoms with van der Waals surface area (Å²) in [5, 5.41) is 2.85. The predicted molar refractivity (Wildman–Crippen MR) is 83.7 cm³/mol. The van der Waals surface area contributed by atoms with E-state index in [0.29, 0.717) is 38.4 Å². The van der Waals surface area contributed by atoms with Gasteiger partial charge in [0, 0.05) is 45.7 Å². The number of rotatable bonds is 5. The van der Waals surface area contributed by atoms with Crippen molar-refractivity contribution in [3.8, 4) is 0 Å². The number of carbonyl (C=O) groups is 2. The van der Waals surface area contributed by atoms with Crippen LogP contribution in [0.4, 0.5) is 5.82 Å². The summed E-state index contributed by atoms with van der Waals surface area (Å²) in [5.74, 6) is 0.664. The lowest BCUT2D eigenvalue weighted by Crippen LogP contribution is -2.48. The van der Waals surface area contributed by atoms with E-state index in [-0.39, 0.29) is 11.8 Å². The van der Waals surface area contributed by atoms with Crippen LogP contribution in [-0.4, -0.2) is 59.4 Å². The first-order valence-electron chi connectivity index (χ1n) is 7.72. The summed E-state index contributed by atoms with van der Waals surface area (Å²) in [6.07, 6.45) is 3.41. The molecule has 0 aromatic carbocycles. The number of anilines is 1. The lowest BCUT2D eigenvalue weighted by molar-refractivity contribution is -0.129. The van der Waals surface area contributed by atoms with Gasteiger partial charge in [0.2, 0.25) is 5.91 Å². The summed E-state index contributed by atoms with van der Waals surface area (Å²) in [7, 11) is 0. The topological polar surface area (TPSA) is 78.4 Å². The number of hydrogen-bond acceptors (Lipinski definition) is 5. The van der Waals surface area contributed by atoms with E-state index in [1.54, 1.807) is 13.0 Å². The highest BCUT2D eigenvalue weighted by Gasteiger charge is 2.20. The molecule has 1 aliphatic heterocycles. The van der Waals surface area contributed by atoms with Gasteiger partial charge in [-0.1, -0.05) is 13.3 Å². The Labute approximate surface area is 130 Å². The van der Waals surface area contributed by atoms with Crippen LogP contribution in [0.15, 0.2) is 12.4 Å². The highest BCUT2D eigenvalue weighted by atomic mass is 16.2. The number of carbonyl (C=O) groups excluding carboxylic acids is 2. The van der Waals surface area contributed by atoms with E-state index in [2.05, 4.69) is 27.1 Å². The van der Waals surface area contributed by atoms with E-state index in [1.165, 1.54) is 6.33 Å². The number of aromatic nitrogens is 2. The molecule has 2 heterocycles. The summed E-state index contributed by atoms with van der Waals surface area (Å²) >= 11 is 0. The van der Waals surface area contributed by atoms with Gasteiger partial charge >= 0.3 is 0 Å². The number of piperazine rings is 1. The average Bonchev–Trinajstić information content (AvgIpc) is 2.55. The van der Waals surface area contributed by atoms with E-state index in [0.717, 1.165) is 18.7 Å². The van der Waals surface area contributed by atoms with Gasteiger partial charge in [-0.3, -0.25) is 9.59 Å². The molecule has 0 aliphatic carbocycles. The standard InChI is InChI=1S/C15H23N5O2/c1-3-4-5-16-15(22)13-10-14(18-11-17-13)20-8-6-19(7-9-20)12(2)21/h10-11H,3-9H2,1-2H3,(H,16,22). The molecule has 1 aliphatic rings. The van der Waals surface area contributed by atoms with Crippen LogP contribution in [0.3, 0.4) is 0 Å². The van der Waals surface area contributed by atoms with E-state index in [4.69, 9.17) is 0 Å². The Morgan fingerprint density at radius 3 is 2.59 bits per heavy atom.